The standard InChI is InChI=1S/C16H26N4/c1-12-4-6-13(7-5-12)20-8-14(17-18-20)15-9-16(10-15,11-15)19(2)3/h8,12-13H,4-7,9-11H2,1-3H3/t12-,13-,15?,16?. The van der Waals surface area contributed by atoms with E-state index in [1.165, 1.54) is 50.6 Å². The summed E-state index contributed by atoms with van der Waals surface area (Å²) >= 11 is 0. The van der Waals surface area contributed by atoms with E-state index in [2.05, 4.69) is 47.1 Å². The Morgan fingerprint density at radius 3 is 2.40 bits per heavy atom. The van der Waals surface area contributed by atoms with Crippen molar-refractivity contribution in [1.29, 1.82) is 0 Å². The Morgan fingerprint density at radius 2 is 1.80 bits per heavy atom. The van der Waals surface area contributed by atoms with E-state index in [0.29, 0.717) is 17.0 Å². The van der Waals surface area contributed by atoms with Gasteiger partial charge < -0.3 is 4.90 Å². The molecule has 0 amide bonds. The van der Waals surface area contributed by atoms with Crippen LogP contribution in [0.3, 0.4) is 0 Å². The molecule has 5 rings (SSSR count). The molecule has 0 unspecified atom stereocenters. The van der Waals surface area contributed by atoms with Crippen molar-refractivity contribution in [3.63, 3.8) is 0 Å². The monoisotopic (exact) mass is 274 g/mol. The highest BCUT2D eigenvalue weighted by atomic mass is 15.4. The van der Waals surface area contributed by atoms with Crippen molar-refractivity contribution < 1.29 is 0 Å². The Morgan fingerprint density at radius 1 is 1.15 bits per heavy atom. The number of nitrogens with zero attached hydrogens (tertiary/aromatic N) is 4. The second-order valence-corrected chi connectivity index (χ2v) is 7.93. The van der Waals surface area contributed by atoms with Gasteiger partial charge in [0.25, 0.3) is 0 Å². The molecule has 110 valence electrons. The van der Waals surface area contributed by atoms with E-state index in [1.54, 1.807) is 0 Å². The summed E-state index contributed by atoms with van der Waals surface area (Å²) in [5, 5.41) is 8.99. The molecule has 2 bridgehead atoms. The topological polar surface area (TPSA) is 34.0 Å². The zero-order chi connectivity index (χ0) is 14.0. The lowest BCUT2D eigenvalue weighted by atomic mass is 9.38. The van der Waals surface area contributed by atoms with Gasteiger partial charge in [0.1, 0.15) is 0 Å². The fourth-order valence-electron chi connectivity index (χ4n) is 4.69. The van der Waals surface area contributed by atoms with Crippen LogP contribution in [0.2, 0.25) is 0 Å². The lowest BCUT2D eigenvalue weighted by molar-refractivity contribution is -0.153. The van der Waals surface area contributed by atoms with Gasteiger partial charge in [-0.3, -0.25) is 0 Å². The quantitative estimate of drug-likeness (QED) is 0.850. The smallest absolute Gasteiger partial charge is 0.0890 e. The van der Waals surface area contributed by atoms with Crippen molar-refractivity contribution in [3.05, 3.63) is 11.9 Å². The fourth-order valence-corrected chi connectivity index (χ4v) is 4.69. The first-order valence-electron chi connectivity index (χ1n) is 8.13. The minimum absolute atomic E-state index is 0.379. The van der Waals surface area contributed by atoms with Crippen LogP contribution in [0.5, 0.6) is 0 Å². The zero-order valence-electron chi connectivity index (χ0n) is 13.0. The molecular weight excluding hydrogens is 248 g/mol. The lowest BCUT2D eigenvalue weighted by Gasteiger charge is -2.72. The van der Waals surface area contributed by atoms with Crippen LogP contribution < -0.4 is 0 Å². The van der Waals surface area contributed by atoms with Gasteiger partial charge >= 0.3 is 0 Å². The summed E-state index contributed by atoms with van der Waals surface area (Å²) in [4.78, 5) is 2.40. The van der Waals surface area contributed by atoms with Gasteiger partial charge in [0.2, 0.25) is 0 Å². The first-order valence-corrected chi connectivity index (χ1v) is 8.13. The third kappa shape index (κ3) is 1.63. The number of aromatic nitrogens is 3. The molecule has 0 aromatic carbocycles. The highest BCUT2D eigenvalue weighted by Crippen LogP contribution is 2.69. The summed E-state index contributed by atoms with van der Waals surface area (Å²) in [6.07, 6.45) is 11.4. The van der Waals surface area contributed by atoms with Crippen molar-refractivity contribution in [2.45, 2.75) is 68.9 Å². The molecule has 0 radical (unpaired) electrons. The molecule has 1 aromatic heterocycles. The largest absolute Gasteiger partial charge is 0.304 e. The van der Waals surface area contributed by atoms with Crippen LogP contribution in [0, 0.1) is 5.92 Å². The van der Waals surface area contributed by atoms with Crippen molar-refractivity contribution in [2.75, 3.05) is 14.1 Å². The summed E-state index contributed by atoms with van der Waals surface area (Å²) in [6, 6.07) is 0.600. The summed E-state index contributed by atoms with van der Waals surface area (Å²) < 4.78 is 2.17. The van der Waals surface area contributed by atoms with E-state index in [0.717, 1.165) is 5.92 Å². The van der Waals surface area contributed by atoms with Crippen LogP contribution in [0.4, 0.5) is 0 Å². The average molecular weight is 274 g/mol. The van der Waals surface area contributed by atoms with E-state index in [1.807, 2.05) is 0 Å². The Kier molecular flexibility index (Phi) is 2.60. The first-order chi connectivity index (χ1) is 9.53. The minimum atomic E-state index is 0.379. The molecule has 0 atom stereocenters. The summed E-state index contributed by atoms with van der Waals surface area (Å²) in [5.74, 6) is 0.895. The normalized spacial score (nSPS) is 43.2. The van der Waals surface area contributed by atoms with Crippen LogP contribution >= 0.6 is 0 Å². The van der Waals surface area contributed by atoms with E-state index in [4.69, 9.17) is 0 Å². The average Bonchev–Trinajstić information content (AvgIpc) is 2.75. The van der Waals surface area contributed by atoms with Gasteiger partial charge in [-0.1, -0.05) is 12.1 Å². The van der Waals surface area contributed by atoms with E-state index < -0.39 is 0 Å². The maximum absolute atomic E-state index is 4.53. The van der Waals surface area contributed by atoms with Crippen LogP contribution in [-0.2, 0) is 5.41 Å². The molecule has 0 N–H and O–H groups in total. The van der Waals surface area contributed by atoms with Crippen molar-refractivity contribution >= 4 is 0 Å². The maximum Gasteiger partial charge on any atom is 0.0890 e. The Balaban J connectivity index is 1.45. The van der Waals surface area contributed by atoms with Gasteiger partial charge in [-0.05, 0) is 65.0 Å². The van der Waals surface area contributed by atoms with Crippen LogP contribution in [0.1, 0.15) is 63.6 Å². The molecule has 0 aliphatic heterocycles. The molecule has 1 heterocycles. The van der Waals surface area contributed by atoms with E-state index in [9.17, 15) is 0 Å². The SMILES string of the molecule is CN(C)C12CC(c3cn([C@H]4CC[C@H](C)CC4)nn3)(C1)C2. The molecule has 4 heteroatoms. The zero-order valence-corrected chi connectivity index (χ0v) is 13.0. The maximum atomic E-state index is 4.53. The van der Waals surface area contributed by atoms with E-state index in [-0.39, 0.29) is 0 Å². The molecule has 20 heavy (non-hydrogen) atoms. The van der Waals surface area contributed by atoms with Gasteiger partial charge in [-0.2, -0.15) is 0 Å². The van der Waals surface area contributed by atoms with E-state index >= 15 is 0 Å². The van der Waals surface area contributed by atoms with Crippen molar-refractivity contribution in [3.8, 4) is 0 Å². The lowest BCUT2D eigenvalue weighted by Crippen LogP contribution is -2.75. The minimum Gasteiger partial charge on any atom is -0.304 e. The molecule has 0 saturated heterocycles. The predicted molar refractivity (Wildman–Crippen MR) is 78.6 cm³/mol. The Labute approximate surface area is 121 Å². The highest BCUT2D eigenvalue weighted by molar-refractivity contribution is 5.36. The third-order valence-corrected chi connectivity index (χ3v) is 6.36. The second-order valence-electron chi connectivity index (χ2n) is 7.93. The second kappa shape index (κ2) is 4.06. The van der Waals surface area contributed by atoms with Gasteiger partial charge in [0.05, 0.1) is 11.7 Å². The molecule has 4 aliphatic rings. The van der Waals surface area contributed by atoms with Gasteiger partial charge in [-0.15, -0.1) is 5.10 Å². The number of hydrogen-bond acceptors (Lipinski definition) is 3. The van der Waals surface area contributed by atoms with Crippen molar-refractivity contribution in [1.82, 2.24) is 19.9 Å². The molecule has 1 aromatic rings. The summed E-state index contributed by atoms with van der Waals surface area (Å²) in [7, 11) is 4.42. The fraction of sp³-hybridized carbons (Fsp3) is 0.875. The molecular formula is C16H26N4. The highest BCUT2D eigenvalue weighted by Gasteiger charge is 2.70. The summed E-state index contributed by atoms with van der Waals surface area (Å²) in [6.45, 7) is 2.37. The van der Waals surface area contributed by atoms with Crippen LogP contribution in [0.15, 0.2) is 6.20 Å². The molecule has 4 fully saturated rings. The third-order valence-electron chi connectivity index (χ3n) is 6.36. The molecule has 4 aliphatic carbocycles. The Hall–Kier alpha value is -0.900. The van der Waals surface area contributed by atoms with Crippen molar-refractivity contribution in [2.24, 2.45) is 5.92 Å². The first kappa shape index (κ1) is 12.8. The predicted octanol–water partition coefficient (Wildman–Crippen LogP) is 2.77. The van der Waals surface area contributed by atoms with Gasteiger partial charge in [-0.25, -0.2) is 4.68 Å². The van der Waals surface area contributed by atoms with Crippen LogP contribution in [0.25, 0.3) is 0 Å². The van der Waals surface area contributed by atoms with Gasteiger partial charge in [0.15, 0.2) is 0 Å². The molecule has 0 spiro atoms. The van der Waals surface area contributed by atoms with Gasteiger partial charge in [0, 0.05) is 17.2 Å². The Bertz CT molecular complexity index is 491. The molecule has 4 nitrogen and oxygen atoms in total. The van der Waals surface area contributed by atoms with Crippen LogP contribution in [-0.4, -0.2) is 39.5 Å². The number of rotatable bonds is 3. The number of hydrogen-bond donors (Lipinski definition) is 0. The molecule has 4 saturated carbocycles. The summed E-state index contributed by atoms with van der Waals surface area (Å²) in [5.41, 5.74) is 2.13.